The number of aliphatic hydroxyl groups excluding tert-OH is 2. The first-order valence-electron chi connectivity index (χ1n) is 6.44. The van der Waals surface area contributed by atoms with Crippen molar-refractivity contribution in [1.82, 2.24) is 4.90 Å². The summed E-state index contributed by atoms with van der Waals surface area (Å²) in [7, 11) is 2.01. The Morgan fingerprint density at radius 2 is 1.94 bits per heavy atom. The van der Waals surface area contributed by atoms with Gasteiger partial charge in [-0.25, -0.2) is 0 Å². The minimum atomic E-state index is -0.486. The van der Waals surface area contributed by atoms with Crippen LogP contribution >= 0.6 is 0 Å². The first-order chi connectivity index (χ1) is 8.54. The van der Waals surface area contributed by atoms with Crippen LogP contribution in [0.15, 0.2) is 24.3 Å². The van der Waals surface area contributed by atoms with E-state index in [-0.39, 0.29) is 6.10 Å². The minimum absolute atomic E-state index is 0.106. The predicted octanol–water partition coefficient (Wildman–Crippen LogP) is 1.00. The summed E-state index contributed by atoms with van der Waals surface area (Å²) in [4.78, 5) is 2.12. The second kappa shape index (κ2) is 5.69. The van der Waals surface area contributed by atoms with Crippen molar-refractivity contribution in [2.75, 3.05) is 25.9 Å². The average molecular weight is 250 g/mol. The molecule has 0 radical (unpaired) electrons. The minimum Gasteiger partial charge on any atom is -0.399 e. The normalized spacial score (nSPS) is 24.9. The lowest BCUT2D eigenvalue weighted by molar-refractivity contribution is 0.0210. The first kappa shape index (κ1) is 13.3. The number of aliphatic hydroxyl groups is 2. The van der Waals surface area contributed by atoms with Gasteiger partial charge in [0.1, 0.15) is 0 Å². The zero-order valence-electron chi connectivity index (χ0n) is 10.8. The number of nitrogen functional groups attached to an aromatic ring is 1. The lowest BCUT2D eigenvalue weighted by atomic mass is 9.82. The van der Waals surface area contributed by atoms with E-state index in [0.29, 0.717) is 18.2 Å². The van der Waals surface area contributed by atoms with E-state index in [9.17, 15) is 10.2 Å². The van der Waals surface area contributed by atoms with Gasteiger partial charge in [-0.15, -0.1) is 0 Å². The molecule has 0 saturated heterocycles. The third-order valence-electron chi connectivity index (χ3n) is 3.59. The van der Waals surface area contributed by atoms with Crippen LogP contribution in [0.25, 0.3) is 0 Å². The number of anilines is 1. The smallest absolute Gasteiger partial charge is 0.0916 e. The molecule has 100 valence electrons. The summed E-state index contributed by atoms with van der Waals surface area (Å²) in [5, 5.41) is 19.3. The van der Waals surface area contributed by atoms with E-state index in [0.717, 1.165) is 24.9 Å². The largest absolute Gasteiger partial charge is 0.399 e. The quantitative estimate of drug-likeness (QED) is 0.682. The Morgan fingerprint density at radius 1 is 1.33 bits per heavy atom. The highest BCUT2D eigenvalue weighted by Gasteiger charge is 2.28. The topological polar surface area (TPSA) is 69.7 Å². The van der Waals surface area contributed by atoms with Crippen LogP contribution < -0.4 is 5.73 Å². The van der Waals surface area contributed by atoms with E-state index in [2.05, 4.69) is 4.90 Å². The van der Waals surface area contributed by atoms with Gasteiger partial charge in [0.15, 0.2) is 0 Å². The van der Waals surface area contributed by atoms with Crippen LogP contribution in [0.3, 0.4) is 0 Å². The van der Waals surface area contributed by atoms with Crippen LogP contribution in [0, 0.1) is 5.92 Å². The average Bonchev–Trinajstić information content (AvgIpc) is 2.27. The molecule has 2 rings (SSSR count). The third-order valence-corrected chi connectivity index (χ3v) is 3.59. The highest BCUT2D eigenvalue weighted by atomic mass is 16.3. The molecule has 1 aromatic carbocycles. The predicted molar refractivity (Wildman–Crippen MR) is 72.0 cm³/mol. The Balaban J connectivity index is 1.79. The van der Waals surface area contributed by atoms with Gasteiger partial charge in [0.2, 0.25) is 0 Å². The Labute approximate surface area is 108 Å². The standard InChI is InChI=1S/C14H22N2O2/c1-16(8-10-6-13(17)7-10)9-14(18)11-2-4-12(15)5-3-11/h2-5,10,13-14,17-18H,6-9,15H2,1H3. The molecule has 1 unspecified atom stereocenters. The Kier molecular flexibility index (Phi) is 4.22. The van der Waals surface area contributed by atoms with Crippen molar-refractivity contribution in [3.8, 4) is 0 Å². The van der Waals surface area contributed by atoms with Gasteiger partial charge in [-0.1, -0.05) is 12.1 Å². The molecule has 1 atom stereocenters. The van der Waals surface area contributed by atoms with Gasteiger partial charge in [-0.05, 0) is 43.5 Å². The van der Waals surface area contributed by atoms with Crippen LogP contribution in [0.4, 0.5) is 5.69 Å². The molecule has 0 aliphatic heterocycles. The summed E-state index contributed by atoms with van der Waals surface area (Å²) in [5.74, 6) is 0.573. The third kappa shape index (κ3) is 3.45. The van der Waals surface area contributed by atoms with Crippen molar-refractivity contribution < 1.29 is 10.2 Å². The number of hydrogen-bond acceptors (Lipinski definition) is 4. The van der Waals surface area contributed by atoms with Crippen molar-refractivity contribution in [3.05, 3.63) is 29.8 Å². The van der Waals surface area contributed by atoms with E-state index in [1.165, 1.54) is 0 Å². The molecular weight excluding hydrogens is 228 g/mol. The highest BCUT2D eigenvalue weighted by Crippen LogP contribution is 2.28. The molecule has 1 aliphatic rings. The van der Waals surface area contributed by atoms with Crippen molar-refractivity contribution in [3.63, 3.8) is 0 Å². The van der Waals surface area contributed by atoms with Crippen LogP contribution in [0.1, 0.15) is 24.5 Å². The van der Waals surface area contributed by atoms with E-state index in [4.69, 9.17) is 5.73 Å². The van der Waals surface area contributed by atoms with Crippen molar-refractivity contribution in [2.45, 2.75) is 25.0 Å². The molecule has 4 heteroatoms. The second-order valence-corrected chi connectivity index (χ2v) is 5.39. The fourth-order valence-corrected chi connectivity index (χ4v) is 2.48. The maximum absolute atomic E-state index is 10.1. The molecular formula is C14H22N2O2. The zero-order valence-corrected chi connectivity index (χ0v) is 10.8. The Hall–Kier alpha value is -1.10. The first-order valence-corrected chi connectivity index (χ1v) is 6.44. The zero-order chi connectivity index (χ0) is 13.1. The van der Waals surface area contributed by atoms with Gasteiger partial charge in [-0.2, -0.15) is 0 Å². The Morgan fingerprint density at radius 3 is 2.50 bits per heavy atom. The van der Waals surface area contributed by atoms with Crippen molar-refractivity contribution in [2.24, 2.45) is 5.92 Å². The summed E-state index contributed by atoms with van der Waals surface area (Å²) in [6.45, 7) is 1.54. The molecule has 0 aromatic heterocycles. The van der Waals surface area contributed by atoms with E-state index >= 15 is 0 Å². The molecule has 18 heavy (non-hydrogen) atoms. The fourth-order valence-electron chi connectivity index (χ4n) is 2.48. The molecule has 0 spiro atoms. The maximum Gasteiger partial charge on any atom is 0.0916 e. The fraction of sp³-hybridized carbons (Fsp3) is 0.571. The van der Waals surface area contributed by atoms with E-state index in [1.807, 2.05) is 19.2 Å². The summed E-state index contributed by atoms with van der Waals surface area (Å²) < 4.78 is 0. The van der Waals surface area contributed by atoms with Crippen LogP contribution in [0.5, 0.6) is 0 Å². The summed E-state index contributed by atoms with van der Waals surface area (Å²) >= 11 is 0. The van der Waals surface area contributed by atoms with Crippen molar-refractivity contribution >= 4 is 5.69 Å². The molecule has 4 N–H and O–H groups in total. The van der Waals surface area contributed by atoms with Gasteiger partial charge in [0, 0.05) is 18.8 Å². The molecule has 1 aliphatic carbocycles. The van der Waals surface area contributed by atoms with Gasteiger partial charge < -0.3 is 20.8 Å². The molecule has 0 heterocycles. The summed E-state index contributed by atoms with van der Waals surface area (Å²) in [5.41, 5.74) is 7.22. The Bertz CT molecular complexity index is 374. The van der Waals surface area contributed by atoms with Crippen LogP contribution in [-0.4, -0.2) is 41.4 Å². The summed E-state index contributed by atoms with van der Waals surface area (Å²) in [6, 6.07) is 7.34. The number of benzene rings is 1. The number of nitrogens with two attached hydrogens (primary N) is 1. The van der Waals surface area contributed by atoms with Gasteiger partial charge in [-0.3, -0.25) is 0 Å². The number of likely N-dealkylation sites (N-methyl/N-ethyl adjacent to an activating group) is 1. The highest BCUT2D eigenvalue weighted by molar-refractivity contribution is 5.39. The van der Waals surface area contributed by atoms with E-state index < -0.39 is 6.10 Å². The summed E-state index contributed by atoms with van der Waals surface area (Å²) in [6.07, 6.45) is 1.19. The molecule has 4 nitrogen and oxygen atoms in total. The maximum atomic E-state index is 10.1. The second-order valence-electron chi connectivity index (χ2n) is 5.39. The number of nitrogens with zero attached hydrogens (tertiary/aromatic N) is 1. The van der Waals surface area contributed by atoms with Crippen LogP contribution in [-0.2, 0) is 0 Å². The van der Waals surface area contributed by atoms with Gasteiger partial charge in [0.25, 0.3) is 0 Å². The number of rotatable bonds is 5. The SMILES string of the molecule is CN(CC1CC(O)C1)CC(O)c1ccc(N)cc1. The van der Waals surface area contributed by atoms with E-state index in [1.54, 1.807) is 12.1 Å². The molecule has 1 saturated carbocycles. The monoisotopic (exact) mass is 250 g/mol. The van der Waals surface area contributed by atoms with Crippen LogP contribution in [0.2, 0.25) is 0 Å². The molecule has 0 bridgehead atoms. The molecule has 1 aromatic rings. The number of hydrogen-bond donors (Lipinski definition) is 3. The van der Waals surface area contributed by atoms with Gasteiger partial charge in [0.05, 0.1) is 12.2 Å². The lowest BCUT2D eigenvalue weighted by Crippen LogP contribution is -2.38. The van der Waals surface area contributed by atoms with Gasteiger partial charge >= 0.3 is 0 Å². The molecule has 1 fully saturated rings. The lowest BCUT2D eigenvalue weighted by Gasteiger charge is -2.35. The van der Waals surface area contributed by atoms with Crippen molar-refractivity contribution in [1.29, 1.82) is 0 Å². The molecule has 0 amide bonds.